The van der Waals surface area contributed by atoms with Crippen LogP contribution in [0.5, 0.6) is 0 Å². The van der Waals surface area contributed by atoms with Crippen molar-refractivity contribution in [2.75, 3.05) is 0 Å². The maximum atomic E-state index is 13.3. The maximum absolute atomic E-state index is 13.3. The van der Waals surface area contributed by atoms with E-state index in [1.165, 1.54) is 36.5 Å². The van der Waals surface area contributed by atoms with Gasteiger partial charge in [0.15, 0.2) is 0 Å². The molecule has 1 radical (unpaired) electrons. The summed E-state index contributed by atoms with van der Waals surface area (Å²) in [5, 5.41) is 0. The van der Waals surface area contributed by atoms with Crippen molar-refractivity contribution in [1.82, 2.24) is 4.98 Å². The molecule has 0 amide bonds. The fourth-order valence-electron chi connectivity index (χ4n) is 1.24. The SMILES string of the molecule is Fc1cccc(F)c1-c1c[c]ncc1. The summed E-state index contributed by atoms with van der Waals surface area (Å²) >= 11 is 0. The number of hydrogen-bond donors (Lipinski definition) is 0. The lowest BCUT2D eigenvalue weighted by Gasteiger charge is -2.03. The highest BCUT2D eigenvalue weighted by Gasteiger charge is 2.09. The molecule has 69 valence electrons. The van der Waals surface area contributed by atoms with Gasteiger partial charge in [0.2, 0.25) is 0 Å². The Morgan fingerprint density at radius 1 is 1.07 bits per heavy atom. The van der Waals surface area contributed by atoms with Crippen molar-refractivity contribution >= 4 is 0 Å². The van der Waals surface area contributed by atoms with Crippen molar-refractivity contribution in [2.24, 2.45) is 0 Å². The van der Waals surface area contributed by atoms with Gasteiger partial charge >= 0.3 is 0 Å². The van der Waals surface area contributed by atoms with Gasteiger partial charge in [-0.15, -0.1) is 0 Å². The van der Waals surface area contributed by atoms with E-state index < -0.39 is 11.6 Å². The number of pyridine rings is 1. The third kappa shape index (κ3) is 1.48. The average molecular weight is 190 g/mol. The molecule has 0 aliphatic rings. The molecule has 0 spiro atoms. The predicted octanol–water partition coefficient (Wildman–Crippen LogP) is 2.83. The Bertz CT molecular complexity index is 420. The molecular weight excluding hydrogens is 184 g/mol. The molecule has 2 rings (SSSR count). The first-order chi connectivity index (χ1) is 6.79. The summed E-state index contributed by atoms with van der Waals surface area (Å²) in [6.07, 6.45) is 3.98. The normalized spacial score (nSPS) is 10.1. The number of nitrogens with zero attached hydrogens (tertiary/aromatic N) is 1. The molecule has 1 nitrogen and oxygen atoms in total. The van der Waals surface area contributed by atoms with E-state index in [9.17, 15) is 8.78 Å². The first-order valence-corrected chi connectivity index (χ1v) is 4.05. The Hall–Kier alpha value is -1.77. The molecule has 2 aromatic rings. The van der Waals surface area contributed by atoms with E-state index in [-0.39, 0.29) is 5.56 Å². The summed E-state index contributed by atoms with van der Waals surface area (Å²) in [5.74, 6) is -1.16. The van der Waals surface area contributed by atoms with Gasteiger partial charge in [-0.3, -0.25) is 4.98 Å². The molecule has 0 aliphatic heterocycles. The Kier molecular flexibility index (Phi) is 2.23. The van der Waals surface area contributed by atoms with Crippen LogP contribution in [0.25, 0.3) is 11.1 Å². The highest BCUT2D eigenvalue weighted by Crippen LogP contribution is 2.24. The highest BCUT2D eigenvalue weighted by atomic mass is 19.1. The Balaban J connectivity index is 2.63. The molecule has 0 fully saturated rings. The molecule has 0 saturated carbocycles. The summed E-state index contributed by atoms with van der Waals surface area (Å²) in [6.45, 7) is 0. The number of hydrogen-bond acceptors (Lipinski definition) is 1. The van der Waals surface area contributed by atoms with Gasteiger partial charge in [0, 0.05) is 6.20 Å². The van der Waals surface area contributed by atoms with E-state index in [1.54, 1.807) is 0 Å². The van der Waals surface area contributed by atoms with E-state index in [1.807, 2.05) is 0 Å². The largest absolute Gasteiger partial charge is 0.255 e. The fraction of sp³-hybridized carbons (Fsp3) is 0. The summed E-state index contributed by atoms with van der Waals surface area (Å²) in [4.78, 5) is 3.66. The van der Waals surface area contributed by atoms with Crippen LogP contribution in [0.1, 0.15) is 0 Å². The molecule has 0 atom stereocenters. The molecule has 3 heteroatoms. The van der Waals surface area contributed by atoms with E-state index in [4.69, 9.17) is 0 Å². The number of aromatic nitrogens is 1. The van der Waals surface area contributed by atoms with E-state index in [0.29, 0.717) is 5.56 Å². The van der Waals surface area contributed by atoms with Crippen LogP contribution in [0.2, 0.25) is 0 Å². The zero-order chi connectivity index (χ0) is 9.97. The van der Waals surface area contributed by atoms with Crippen LogP contribution in [-0.4, -0.2) is 4.98 Å². The molecule has 14 heavy (non-hydrogen) atoms. The minimum absolute atomic E-state index is 0.0360. The first-order valence-electron chi connectivity index (χ1n) is 4.05. The van der Waals surface area contributed by atoms with Gasteiger partial charge in [0.25, 0.3) is 0 Å². The third-order valence-corrected chi connectivity index (χ3v) is 1.87. The topological polar surface area (TPSA) is 12.9 Å². The third-order valence-electron chi connectivity index (χ3n) is 1.87. The minimum Gasteiger partial charge on any atom is -0.255 e. The molecule has 0 unspecified atom stereocenters. The Labute approximate surface area is 80.0 Å². The summed E-state index contributed by atoms with van der Waals surface area (Å²) in [5.41, 5.74) is 0.404. The van der Waals surface area contributed by atoms with Crippen LogP contribution in [0.15, 0.2) is 36.5 Å². The smallest absolute Gasteiger partial charge is 0.133 e. The van der Waals surface area contributed by atoms with Crippen LogP contribution >= 0.6 is 0 Å². The van der Waals surface area contributed by atoms with Crippen LogP contribution in [0.3, 0.4) is 0 Å². The van der Waals surface area contributed by atoms with Gasteiger partial charge in [-0.1, -0.05) is 6.07 Å². The lowest BCUT2D eigenvalue weighted by Crippen LogP contribution is -1.89. The van der Waals surface area contributed by atoms with Crippen molar-refractivity contribution < 1.29 is 8.78 Å². The summed E-state index contributed by atoms with van der Waals surface area (Å²) in [6, 6.07) is 6.76. The molecule has 0 bridgehead atoms. The Morgan fingerprint density at radius 3 is 2.36 bits per heavy atom. The standard InChI is InChI=1S/C11H6F2N/c12-9-2-1-3-10(13)11(9)8-4-6-14-7-5-8/h1-6H. The molecule has 0 aliphatic carbocycles. The first kappa shape index (κ1) is 8.81. The van der Waals surface area contributed by atoms with Crippen molar-refractivity contribution in [3.05, 3.63) is 54.4 Å². The molecule has 1 aromatic heterocycles. The van der Waals surface area contributed by atoms with Gasteiger partial charge in [0.05, 0.1) is 11.8 Å². The molecular formula is C11H6F2N. The lowest BCUT2D eigenvalue weighted by molar-refractivity contribution is 0.589. The molecule has 1 heterocycles. The Morgan fingerprint density at radius 2 is 1.79 bits per heavy atom. The lowest BCUT2D eigenvalue weighted by atomic mass is 10.1. The van der Waals surface area contributed by atoms with Crippen molar-refractivity contribution in [3.8, 4) is 11.1 Å². The minimum atomic E-state index is -0.579. The molecule has 0 N–H and O–H groups in total. The van der Waals surface area contributed by atoms with Crippen LogP contribution in [-0.2, 0) is 0 Å². The summed E-state index contributed by atoms with van der Waals surface area (Å²) in [7, 11) is 0. The van der Waals surface area contributed by atoms with E-state index in [0.717, 1.165) is 0 Å². The van der Waals surface area contributed by atoms with Crippen molar-refractivity contribution in [2.45, 2.75) is 0 Å². The maximum Gasteiger partial charge on any atom is 0.133 e. The van der Waals surface area contributed by atoms with Crippen molar-refractivity contribution in [3.63, 3.8) is 0 Å². The predicted molar refractivity (Wildman–Crippen MR) is 48.4 cm³/mol. The van der Waals surface area contributed by atoms with Gasteiger partial charge < -0.3 is 0 Å². The second-order valence-corrected chi connectivity index (χ2v) is 2.77. The second-order valence-electron chi connectivity index (χ2n) is 2.77. The van der Waals surface area contributed by atoms with E-state index in [2.05, 4.69) is 11.2 Å². The number of benzene rings is 1. The van der Waals surface area contributed by atoms with E-state index >= 15 is 0 Å². The van der Waals surface area contributed by atoms with Crippen LogP contribution in [0, 0.1) is 17.8 Å². The highest BCUT2D eigenvalue weighted by molar-refractivity contribution is 5.63. The summed E-state index contributed by atoms with van der Waals surface area (Å²) < 4.78 is 26.5. The van der Waals surface area contributed by atoms with Crippen molar-refractivity contribution in [1.29, 1.82) is 0 Å². The molecule has 1 aromatic carbocycles. The quantitative estimate of drug-likeness (QED) is 0.673. The number of halogens is 2. The van der Waals surface area contributed by atoms with Gasteiger partial charge in [-0.2, -0.15) is 0 Å². The number of rotatable bonds is 1. The average Bonchev–Trinajstić information content (AvgIpc) is 2.19. The zero-order valence-corrected chi connectivity index (χ0v) is 7.17. The monoisotopic (exact) mass is 190 g/mol. The van der Waals surface area contributed by atoms with Crippen LogP contribution < -0.4 is 0 Å². The fourth-order valence-corrected chi connectivity index (χ4v) is 1.24. The molecule has 0 saturated heterocycles. The van der Waals surface area contributed by atoms with Crippen LogP contribution in [0.4, 0.5) is 8.78 Å². The second kappa shape index (κ2) is 3.54. The van der Waals surface area contributed by atoms with Gasteiger partial charge in [-0.25, -0.2) is 8.78 Å². The van der Waals surface area contributed by atoms with Gasteiger partial charge in [0.1, 0.15) is 11.6 Å². The zero-order valence-electron chi connectivity index (χ0n) is 7.17. The van der Waals surface area contributed by atoms with Gasteiger partial charge in [-0.05, 0) is 29.8 Å².